The fourth-order valence-electron chi connectivity index (χ4n) is 1.42. The molecule has 0 aliphatic heterocycles. The first-order valence-corrected chi connectivity index (χ1v) is 7.32. The number of hydrogen-bond donors (Lipinski definition) is 0. The Morgan fingerprint density at radius 1 is 1.25 bits per heavy atom. The second-order valence-corrected chi connectivity index (χ2v) is 5.88. The van der Waals surface area contributed by atoms with Crippen LogP contribution in [0, 0.1) is 0 Å². The van der Waals surface area contributed by atoms with Gasteiger partial charge in [-0.25, -0.2) is 8.42 Å². The van der Waals surface area contributed by atoms with Gasteiger partial charge >= 0.3 is 0 Å². The summed E-state index contributed by atoms with van der Waals surface area (Å²) in [4.78, 5) is 0. The third-order valence-corrected chi connectivity index (χ3v) is 4.59. The molecule has 0 atom stereocenters. The summed E-state index contributed by atoms with van der Waals surface area (Å²) in [5, 5.41) is 0. The van der Waals surface area contributed by atoms with Crippen LogP contribution >= 0.6 is 11.6 Å². The van der Waals surface area contributed by atoms with Gasteiger partial charge in [-0.3, -0.25) is 0 Å². The number of nitrogens with zero attached hydrogens (tertiary/aromatic N) is 1. The van der Waals surface area contributed by atoms with Gasteiger partial charge in [0.1, 0.15) is 0 Å². The van der Waals surface area contributed by atoms with Gasteiger partial charge in [-0.15, -0.1) is 11.6 Å². The fraction of sp³-hybridized carbons (Fsp3) is 0.455. The zero-order chi connectivity index (χ0) is 12.0. The van der Waals surface area contributed by atoms with Crippen LogP contribution in [-0.2, 0) is 16.6 Å². The molecule has 3 nitrogen and oxygen atoms in total. The lowest BCUT2D eigenvalue weighted by atomic mass is 10.2. The number of rotatable bonds is 6. The molecule has 0 fully saturated rings. The lowest BCUT2D eigenvalue weighted by molar-refractivity contribution is 0.424. The Bertz CT molecular complexity index is 405. The van der Waals surface area contributed by atoms with Gasteiger partial charge in [0.25, 0.3) is 0 Å². The van der Waals surface area contributed by atoms with Crippen LogP contribution < -0.4 is 0 Å². The highest BCUT2D eigenvalue weighted by Crippen LogP contribution is 2.09. The van der Waals surface area contributed by atoms with Crippen molar-refractivity contribution >= 4 is 21.6 Å². The molecule has 90 valence electrons. The normalized spacial score (nSPS) is 11.9. The first kappa shape index (κ1) is 13.5. The standard InChI is InChI=1S/C11H16ClNO2S/c1-2-13(16(14,15)9-8-12)10-11-6-4-3-5-7-11/h3-7H,2,8-10H2,1H3. The molecule has 0 aliphatic rings. The van der Waals surface area contributed by atoms with E-state index in [1.54, 1.807) is 0 Å². The smallest absolute Gasteiger partial charge is 0.212 e. The average molecular weight is 262 g/mol. The Morgan fingerprint density at radius 3 is 2.38 bits per heavy atom. The van der Waals surface area contributed by atoms with E-state index in [9.17, 15) is 8.42 Å². The number of halogens is 1. The van der Waals surface area contributed by atoms with Gasteiger partial charge < -0.3 is 0 Å². The zero-order valence-corrected chi connectivity index (χ0v) is 10.8. The number of sulfonamides is 1. The summed E-state index contributed by atoms with van der Waals surface area (Å²) in [7, 11) is -3.22. The molecule has 0 aliphatic carbocycles. The van der Waals surface area contributed by atoms with Crippen molar-refractivity contribution in [2.75, 3.05) is 18.2 Å². The largest absolute Gasteiger partial charge is 0.215 e. The fourth-order valence-corrected chi connectivity index (χ4v) is 3.20. The highest BCUT2D eigenvalue weighted by molar-refractivity contribution is 7.89. The first-order valence-electron chi connectivity index (χ1n) is 5.18. The minimum atomic E-state index is -3.22. The van der Waals surface area contributed by atoms with Gasteiger partial charge in [-0.2, -0.15) is 4.31 Å². The predicted octanol–water partition coefficient (Wildman–Crippen LogP) is 2.08. The summed E-state index contributed by atoms with van der Waals surface area (Å²) in [5.41, 5.74) is 0.988. The van der Waals surface area contributed by atoms with Crippen LogP contribution in [0.3, 0.4) is 0 Å². The van der Waals surface area contributed by atoms with Crippen LogP contribution in [0.2, 0.25) is 0 Å². The van der Waals surface area contributed by atoms with Gasteiger partial charge in [0.05, 0.1) is 5.75 Å². The molecular formula is C11H16ClNO2S. The topological polar surface area (TPSA) is 37.4 Å². The molecule has 0 amide bonds. The van der Waals surface area contributed by atoms with Crippen LogP contribution in [0.1, 0.15) is 12.5 Å². The number of alkyl halides is 1. The Hall–Kier alpha value is -0.580. The van der Waals surface area contributed by atoms with Crippen molar-refractivity contribution in [3.8, 4) is 0 Å². The summed E-state index contributed by atoms with van der Waals surface area (Å²) in [6, 6.07) is 9.54. The molecule has 1 aromatic carbocycles. The first-order chi connectivity index (χ1) is 7.60. The summed E-state index contributed by atoms with van der Waals surface area (Å²) >= 11 is 5.48. The minimum absolute atomic E-state index is 0.00473. The molecule has 1 rings (SSSR count). The lowest BCUT2D eigenvalue weighted by Gasteiger charge is -2.19. The van der Waals surface area contributed by atoms with Crippen LogP contribution in [0.25, 0.3) is 0 Å². The maximum Gasteiger partial charge on any atom is 0.215 e. The Morgan fingerprint density at radius 2 is 1.88 bits per heavy atom. The van der Waals surface area contributed by atoms with E-state index in [1.807, 2.05) is 37.3 Å². The number of hydrogen-bond acceptors (Lipinski definition) is 2. The van der Waals surface area contributed by atoms with E-state index < -0.39 is 10.0 Å². The highest BCUT2D eigenvalue weighted by atomic mass is 35.5. The van der Waals surface area contributed by atoms with E-state index in [4.69, 9.17) is 11.6 Å². The highest BCUT2D eigenvalue weighted by Gasteiger charge is 2.19. The predicted molar refractivity (Wildman–Crippen MR) is 67.0 cm³/mol. The molecule has 0 saturated heterocycles. The zero-order valence-electron chi connectivity index (χ0n) is 9.27. The Balaban J connectivity index is 2.77. The van der Waals surface area contributed by atoms with Crippen molar-refractivity contribution in [1.82, 2.24) is 4.31 Å². The maximum absolute atomic E-state index is 11.8. The van der Waals surface area contributed by atoms with Gasteiger partial charge in [-0.05, 0) is 5.56 Å². The molecule has 0 spiro atoms. The second-order valence-electron chi connectivity index (χ2n) is 3.42. The van der Waals surface area contributed by atoms with Crippen LogP contribution in [0.5, 0.6) is 0 Å². The van der Waals surface area contributed by atoms with Gasteiger partial charge in [0.15, 0.2) is 0 Å². The van der Waals surface area contributed by atoms with Crippen LogP contribution in [-0.4, -0.2) is 30.9 Å². The summed E-state index contributed by atoms with van der Waals surface area (Å²) in [6.07, 6.45) is 0. The summed E-state index contributed by atoms with van der Waals surface area (Å²) < 4.78 is 25.1. The van der Waals surface area contributed by atoms with Crippen molar-refractivity contribution in [1.29, 1.82) is 0 Å². The van der Waals surface area contributed by atoms with Gasteiger partial charge in [-0.1, -0.05) is 37.3 Å². The molecule has 0 bridgehead atoms. The van der Waals surface area contributed by atoms with Gasteiger partial charge in [0.2, 0.25) is 10.0 Å². The minimum Gasteiger partial charge on any atom is -0.212 e. The van der Waals surface area contributed by atoms with Crippen molar-refractivity contribution in [2.45, 2.75) is 13.5 Å². The monoisotopic (exact) mass is 261 g/mol. The van der Waals surface area contributed by atoms with Crippen molar-refractivity contribution in [3.05, 3.63) is 35.9 Å². The quantitative estimate of drug-likeness (QED) is 0.736. The third-order valence-electron chi connectivity index (χ3n) is 2.28. The molecule has 0 unspecified atom stereocenters. The number of benzene rings is 1. The molecule has 0 radical (unpaired) electrons. The molecule has 0 heterocycles. The molecule has 0 saturated carbocycles. The molecule has 1 aromatic rings. The van der Waals surface area contributed by atoms with Gasteiger partial charge in [0, 0.05) is 19.0 Å². The van der Waals surface area contributed by atoms with Crippen molar-refractivity contribution < 1.29 is 8.42 Å². The third kappa shape index (κ3) is 3.77. The summed E-state index contributed by atoms with van der Waals surface area (Å²) in [5.74, 6) is 0.128. The van der Waals surface area contributed by atoms with Crippen molar-refractivity contribution in [2.24, 2.45) is 0 Å². The molecule has 0 aromatic heterocycles. The van der Waals surface area contributed by atoms with E-state index in [0.29, 0.717) is 13.1 Å². The van der Waals surface area contributed by atoms with Crippen LogP contribution in [0.4, 0.5) is 0 Å². The average Bonchev–Trinajstić information content (AvgIpc) is 2.27. The Kier molecular flexibility index (Phi) is 5.25. The van der Waals surface area contributed by atoms with Crippen LogP contribution in [0.15, 0.2) is 30.3 Å². The van der Waals surface area contributed by atoms with E-state index in [2.05, 4.69) is 0 Å². The lowest BCUT2D eigenvalue weighted by Crippen LogP contribution is -2.32. The second kappa shape index (κ2) is 6.23. The summed E-state index contributed by atoms with van der Waals surface area (Å²) in [6.45, 7) is 2.71. The van der Waals surface area contributed by atoms with E-state index in [-0.39, 0.29) is 11.6 Å². The maximum atomic E-state index is 11.8. The van der Waals surface area contributed by atoms with E-state index in [1.165, 1.54) is 4.31 Å². The molecule has 0 N–H and O–H groups in total. The van der Waals surface area contributed by atoms with Crippen molar-refractivity contribution in [3.63, 3.8) is 0 Å². The van der Waals surface area contributed by atoms with E-state index >= 15 is 0 Å². The molecule has 16 heavy (non-hydrogen) atoms. The van der Waals surface area contributed by atoms with E-state index in [0.717, 1.165) is 5.56 Å². The molecular weight excluding hydrogens is 246 g/mol. The Labute approximate surface area is 102 Å². The molecule has 5 heteroatoms. The SMILES string of the molecule is CCN(Cc1ccccc1)S(=O)(=O)CCCl.